The highest BCUT2D eigenvalue weighted by Crippen LogP contribution is 2.30. The van der Waals surface area contributed by atoms with Crippen LogP contribution < -0.4 is 5.32 Å². The molecule has 28 heavy (non-hydrogen) atoms. The average molecular weight is 387 g/mol. The van der Waals surface area contributed by atoms with Gasteiger partial charge in [0, 0.05) is 30.2 Å². The minimum atomic E-state index is -0.633. The van der Waals surface area contributed by atoms with Crippen LogP contribution in [0.2, 0.25) is 0 Å². The number of rotatable bonds is 2. The van der Waals surface area contributed by atoms with Crippen LogP contribution in [0, 0.1) is 0 Å². The second-order valence-corrected chi connectivity index (χ2v) is 8.08. The lowest BCUT2D eigenvalue weighted by atomic mass is 10.0. The molecule has 2 aliphatic heterocycles. The molecule has 0 spiro atoms. The zero-order chi connectivity index (χ0) is 20.6. The van der Waals surface area contributed by atoms with Crippen molar-refractivity contribution in [3.05, 3.63) is 34.9 Å². The third-order valence-electron chi connectivity index (χ3n) is 5.09. The number of amides is 4. The number of fused-ring (bicyclic) bond motifs is 1. The standard InChI is InChI=1S/C20H25N3O5/c1-20(2,3)23-17(25)14-6-5-12(11-15(14)18(23)26)16(24)22-9-7-13(8-10-22)21-19(27)28-4/h5-6,11,13H,7-10H2,1-4H3,(H,21,27). The summed E-state index contributed by atoms with van der Waals surface area (Å²) in [6.45, 7) is 6.38. The van der Waals surface area contributed by atoms with Crippen molar-refractivity contribution in [2.45, 2.75) is 45.2 Å². The summed E-state index contributed by atoms with van der Waals surface area (Å²) in [4.78, 5) is 52.3. The first-order valence-corrected chi connectivity index (χ1v) is 9.30. The van der Waals surface area contributed by atoms with Crippen LogP contribution in [0.4, 0.5) is 4.79 Å². The first-order chi connectivity index (χ1) is 13.1. The summed E-state index contributed by atoms with van der Waals surface area (Å²) in [5.41, 5.74) is 0.354. The number of piperidine rings is 1. The maximum absolute atomic E-state index is 12.9. The van der Waals surface area contributed by atoms with Crippen molar-refractivity contribution in [1.29, 1.82) is 0 Å². The molecular formula is C20H25N3O5. The van der Waals surface area contributed by atoms with E-state index in [9.17, 15) is 19.2 Å². The SMILES string of the molecule is COC(=O)NC1CCN(C(=O)c2ccc3c(c2)C(=O)N(C(C)(C)C)C3=O)CC1. The van der Waals surface area contributed by atoms with E-state index in [-0.39, 0.29) is 29.3 Å². The Balaban J connectivity index is 1.73. The van der Waals surface area contributed by atoms with E-state index >= 15 is 0 Å². The van der Waals surface area contributed by atoms with Gasteiger partial charge in [-0.2, -0.15) is 0 Å². The average Bonchev–Trinajstić information content (AvgIpc) is 2.91. The van der Waals surface area contributed by atoms with Gasteiger partial charge in [-0.3, -0.25) is 19.3 Å². The van der Waals surface area contributed by atoms with Crippen molar-refractivity contribution >= 4 is 23.8 Å². The van der Waals surface area contributed by atoms with E-state index in [0.717, 1.165) is 0 Å². The first kappa shape index (κ1) is 19.9. The highest BCUT2D eigenvalue weighted by atomic mass is 16.5. The highest BCUT2D eigenvalue weighted by Gasteiger charge is 2.42. The van der Waals surface area contributed by atoms with Crippen molar-refractivity contribution < 1.29 is 23.9 Å². The Morgan fingerprint density at radius 3 is 2.25 bits per heavy atom. The highest BCUT2D eigenvalue weighted by molar-refractivity contribution is 6.22. The predicted octanol–water partition coefficient (Wildman–Crippen LogP) is 2.04. The largest absolute Gasteiger partial charge is 0.453 e. The fourth-order valence-electron chi connectivity index (χ4n) is 3.62. The Morgan fingerprint density at radius 2 is 1.68 bits per heavy atom. The monoisotopic (exact) mass is 387 g/mol. The van der Waals surface area contributed by atoms with Gasteiger partial charge in [0.15, 0.2) is 0 Å². The molecule has 0 saturated carbocycles. The van der Waals surface area contributed by atoms with E-state index in [1.54, 1.807) is 37.8 Å². The number of likely N-dealkylation sites (tertiary alicyclic amines) is 1. The van der Waals surface area contributed by atoms with Crippen molar-refractivity contribution in [3.63, 3.8) is 0 Å². The molecule has 2 aliphatic rings. The number of hydrogen-bond acceptors (Lipinski definition) is 5. The Morgan fingerprint density at radius 1 is 1.07 bits per heavy atom. The molecule has 0 unspecified atom stereocenters. The van der Waals surface area contributed by atoms with Crippen LogP contribution in [-0.4, -0.2) is 65.4 Å². The molecule has 1 aromatic rings. The smallest absolute Gasteiger partial charge is 0.407 e. The van der Waals surface area contributed by atoms with Crippen LogP contribution in [-0.2, 0) is 4.74 Å². The Bertz CT molecular complexity index is 835. The summed E-state index contributed by atoms with van der Waals surface area (Å²) in [7, 11) is 1.31. The van der Waals surface area contributed by atoms with E-state index in [4.69, 9.17) is 0 Å². The molecule has 0 radical (unpaired) electrons. The lowest BCUT2D eigenvalue weighted by Crippen LogP contribution is -2.46. The fraction of sp³-hybridized carbons (Fsp3) is 0.500. The van der Waals surface area contributed by atoms with Gasteiger partial charge in [0.05, 0.1) is 18.2 Å². The molecule has 8 heteroatoms. The molecule has 0 bridgehead atoms. The number of ether oxygens (including phenoxy) is 1. The quantitative estimate of drug-likeness (QED) is 0.784. The van der Waals surface area contributed by atoms with Crippen molar-refractivity contribution in [2.75, 3.05) is 20.2 Å². The number of methoxy groups -OCH3 is 1. The molecule has 1 N–H and O–H groups in total. The van der Waals surface area contributed by atoms with Gasteiger partial charge in [-0.05, 0) is 51.8 Å². The topological polar surface area (TPSA) is 96.0 Å². The van der Waals surface area contributed by atoms with Crippen molar-refractivity contribution in [2.24, 2.45) is 0 Å². The van der Waals surface area contributed by atoms with Crippen LogP contribution in [0.5, 0.6) is 0 Å². The summed E-state index contributed by atoms with van der Waals surface area (Å²) in [6.07, 6.45) is 0.775. The molecule has 1 saturated heterocycles. The second kappa shape index (κ2) is 7.26. The number of hydrogen-bond donors (Lipinski definition) is 1. The molecule has 0 atom stereocenters. The van der Waals surface area contributed by atoms with E-state index in [0.29, 0.717) is 37.1 Å². The number of nitrogens with zero attached hydrogens (tertiary/aromatic N) is 2. The molecule has 8 nitrogen and oxygen atoms in total. The third-order valence-corrected chi connectivity index (χ3v) is 5.09. The Hall–Kier alpha value is -2.90. The molecule has 0 aliphatic carbocycles. The normalized spacial score (nSPS) is 17.6. The minimum Gasteiger partial charge on any atom is -0.453 e. The number of alkyl carbamates (subject to hydrolysis) is 1. The number of carbonyl (C=O) groups excluding carboxylic acids is 4. The molecule has 3 rings (SSSR count). The predicted molar refractivity (Wildman–Crippen MR) is 101 cm³/mol. The summed E-state index contributed by atoms with van der Waals surface area (Å²) >= 11 is 0. The Kier molecular flexibility index (Phi) is 5.14. The van der Waals surface area contributed by atoms with E-state index in [1.165, 1.54) is 18.1 Å². The molecular weight excluding hydrogens is 362 g/mol. The van der Waals surface area contributed by atoms with Crippen LogP contribution >= 0.6 is 0 Å². The fourth-order valence-corrected chi connectivity index (χ4v) is 3.62. The Labute approximate surface area is 163 Å². The number of carbonyl (C=O) groups is 4. The zero-order valence-corrected chi connectivity index (χ0v) is 16.6. The summed E-state index contributed by atoms with van der Waals surface area (Å²) < 4.78 is 4.60. The van der Waals surface area contributed by atoms with Gasteiger partial charge < -0.3 is 15.0 Å². The first-order valence-electron chi connectivity index (χ1n) is 9.30. The molecule has 1 aromatic carbocycles. The van der Waals surface area contributed by atoms with E-state index < -0.39 is 11.6 Å². The summed E-state index contributed by atoms with van der Waals surface area (Å²) in [5, 5.41) is 2.74. The molecule has 2 heterocycles. The lowest BCUT2D eigenvalue weighted by molar-refractivity contribution is 0.0507. The van der Waals surface area contributed by atoms with Gasteiger partial charge in [0.2, 0.25) is 0 Å². The van der Waals surface area contributed by atoms with Crippen LogP contribution in [0.25, 0.3) is 0 Å². The van der Waals surface area contributed by atoms with Crippen LogP contribution in [0.1, 0.15) is 64.7 Å². The van der Waals surface area contributed by atoms with Gasteiger partial charge in [-0.15, -0.1) is 0 Å². The van der Waals surface area contributed by atoms with Gasteiger partial charge in [0.1, 0.15) is 0 Å². The van der Waals surface area contributed by atoms with E-state index in [1.807, 2.05) is 0 Å². The molecule has 4 amide bonds. The zero-order valence-electron chi connectivity index (χ0n) is 16.6. The second-order valence-electron chi connectivity index (χ2n) is 8.08. The van der Waals surface area contributed by atoms with E-state index in [2.05, 4.69) is 10.1 Å². The van der Waals surface area contributed by atoms with Gasteiger partial charge in [0.25, 0.3) is 17.7 Å². The maximum atomic E-state index is 12.9. The van der Waals surface area contributed by atoms with Gasteiger partial charge in [-0.25, -0.2) is 4.79 Å². The minimum absolute atomic E-state index is 0.0314. The molecule has 0 aromatic heterocycles. The van der Waals surface area contributed by atoms with Crippen LogP contribution in [0.15, 0.2) is 18.2 Å². The lowest BCUT2D eigenvalue weighted by Gasteiger charge is -2.32. The molecule has 1 fully saturated rings. The number of benzene rings is 1. The maximum Gasteiger partial charge on any atom is 0.407 e. The van der Waals surface area contributed by atoms with Crippen molar-refractivity contribution in [1.82, 2.24) is 15.1 Å². The summed E-state index contributed by atoms with van der Waals surface area (Å²) in [6, 6.07) is 4.64. The van der Waals surface area contributed by atoms with Gasteiger partial charge >= 0.3 is 6.09 Å². The molecule has 150 valence electrons. The number of imide groups is 1. The third kappa shape index (κ3) is 3.58. The van der Waals surface area contributed by atoms with Crippen LogP contribution in [0.3, 0.4) is 0 Å². The number of nitrogens with one attached hydrogen (secondary N) is 1. The van der Waals surface area contributed by atoms with Crippen molar-refractivity contribution in [3.8, 4) is 0 Å². The summed E-state index contributed by atoms with van der Waals surface area (Å²) in [5.74, 6) is -0.891. The van der Waals surface area contributed by atoms with Gasteiger partial charge in [-0.1, -0.05) is 0 Å².